The van der Waals surface area contributed by atoms with Gasteiger partial charge in [0.2, 0.25) is 15.9 Å². The molecule has 1 saturated carbocycles. The first-order valence-electron chi connectivity index (χ1n) is 13.2. The summed E-state index contributed by atoms with van der Waals surface area (Å²) in [5, 5.41) is 6.63. The SMILES string of the molecule is C/C=C\C(=C/C)[C@H]1C[C@]1(C)NCCCC[C@H](NC(=O)c1ccccc1)C(=O)N1CCN(S(C)(=O)=O)CC1. The van der Waals surface area contributed by atoms with Gasteiger partial charge >= 0.3 is 0 Å². The topological polar surface area (TPSA) is 98.8 Å². The van der Waals surface area contributed by atoms with E-state index in [1.165, 1.54) is 16.1 Å². The predicted molar refractivity (Wildman–Crippen MR) is 148 cm³/mol. The molecule has 3 atom stereocenters. The highest BCUT2D eigenvalue weighted by molar-refractivity contribution is 7.88. The van der Waals surface area contributed by atoms with Crippen molar-refractivity contribution in [2.75, 3.05) is 39.0 Å². The Morgan fingerprint density at radius 1 is 1.11 bits per heavy atom. The van der Waals surface area contributed by atoms with E-state index in [0.29, 0.717) is 31.0 Å². The van der Waals surface area contributed by atoms with Gasteiger partial charge in [-0.25, -0.2) is 8.42 Å². The van der Waals surface area contributed by atoms with Crippen LogP contribution in [-0.4, -0.2) is 80.0 Å². The molecule has 1 aliphatic heterocycles. The first-order valence-corrected chi connectivity index (χ1v) is 15.1. The van der Waals surface area contributed by atoms with Crippen LogP contribution in [0, 0.1) is 5.92 Å². The van der Waals surface area contributed by atoms with Gasteiger partial charge in [0.05, 0.1) is 6.26 Å². The number of allylic oxidation sites excluding steroid dienone is 3. The lowest BCUT2D eigenvalue weighted by molar-refractivity contribution is -0.134. The monoisotopic (exact) mass is 530 g/mol. The molecule has 0 radical (unpaired) electrons. The fourth-order valence-corrected chi connectivity index (χ4v) is 5.88. The van der Waals surface area contributed by atoms with Crippen molar-refractivity contribution >= 4 is 21.8 Å². The van der Waals surface area contributed by atoms with E-state index in [0.717, 1.165) is 25.8 Å². The first kappa shape index (κ1) is 29.1. The summed E-state index contributed by atoms with van der Waals surface area (Å²) < 4.78 is 25.1. The highest BCUT2D eigenvalue weighted by Gasteiger charge is 2.50. The third kappa shape index (κ3) is 7.99. The summed E-state index contributed by atoms with van der Waals surface area (Å²) in [5.74, 6) is 0.102. The minimum Gasteiger partial charge on any atom is -0.340 e. The Balaban J connectivity index is 1.54. The van der Waals surface area contributed by atoms with Gasteiger partial charge in [0.25, 0.3) is 5.91 Å². The average Bonchev–Trinajstić information content (AvgIpc) is 3.56. The average molecular weight is 531 g/mol. The van der Waals surface area contributed by atoms with Crippen molar-refractivity contribution in [2.24, 2.45) is 5.92 Å². The van der Waals surface area contributed by atoms with Crippen molar-refractivity contribution in [3.63, 3.8) is 0 Å². The van der Waals surface area contributed by atoms with Crippen LogP contribution in [0.1, 0.15) is 56.8 Å². The molecule has 204 valence electrons. The third-order valence-electron chi connectivity index (χ3n) is 7.44. The van der Waals surface area contributed by atoms with E-state index >= 15 is 0 Å². The standard InChI is InChI=1S/C28H42N4O4S/c1-5-12-22(6-2)24-21-28(24,3)29-16-11-10-15-25(30-26(33)23-13-8-7-9-14-23)27(34)31-17-19-32(20-18-31)37(4,35)36/h5-9,12-14,24-25,29H,10-11,15-21H2,1-4H3,(H,30,33)/b12-5-,22-6+/t24-,25+,28+/m1/s1. The Morgan fingerprint density at radius 3 is 2.38 bits per heavy atom. The molecule has 1 aromatic rings. The van der Waals surface area contributed by atoms with Crippen LogP contribution in [0.5, 0.6) is 0 Å². The van der Waals surface area contributed by atoms with Crippen LogP contribution in [0.3, 0.4) is 0 Å². The summed E-state index contributed by atoms with van der Waals surface area (Å²) in [4.78, 5) is 27.9. The number of sulfonamides is 1. The Labute approximate surface area is 222 Å². The summed E-state index contributed by atoms with van der Waals surface area (Å²) in [6.45, 7) is 8.42. The number of nitrogens with zero attached hydrogens (tertiary/aromatic N) is 2. The molecule has 1 heterocycles. The third-order valence-corrected chi connectivity index (χ3v) is 8.74. The second kappa shape index (κ2) is 12.8. The zero-order chi connectivity index (χ0) is 27.1. The van der Waals surface area contributed by atoms with E-state index in [-0.39, 0.29) is 30.4 Å². The number of unbranched alkanes of at least 4 members (excludes halogenated alkanes) is 1. The number of amides is 2. The van der Waals surface area contributed by atoms with E-state index in [9.17, 15) is 18.0 Å². The largest absolute Gasteiger partial charge is 0.340 e. The predicted octanol–water partition coefficient (Wildman–Crippen LogP) is 2.95. The number of hydrogen-bond acceptors (Lipinski definition) is 5. The molecule has 0 bridgehead atoms. The Bertz CT molecular complexity index is 1090. The lowest BCUT2D eigenvalue weighted by Gasteiger charge is -2.35. The van der Waals surface area contributed by atoms with Crippen LogP contribution < -0.4 is 10.6 Å². The van der Waals surface area contributed by atoms with E-state index in [2.05, 4.69) is 42.7 Å². The van der Waals surface area contributed by atoms with Gasteiger partial charge in [0, 0.05) is 43.2 Å². The Kier molecular flexibility index (Phi) is 10.1. The van der Waals surface area contributed by atoms with Crippen molar-refractivity contribution in [1.29, 1.82) is 0 Å². The van der Waals surface area contributed by atoms with Gasteiger partial charge in [-0.05, 0) is 70.7 Å². The van der Waals surface area contributed by atoms with Crippen molar-refractivity contribution in [1.82, 2.24) is 19.8 Å². The fraction of sp³-hybridized carbons (Fsp3) is 0.571. The zero-order valence-electron chi connectivity index (χ0n) is 22.6. The smallest absolute Gasteiger partial charge is 0.251 e. The molecule has 3 rings (SSSR count). The van der Waals surface area contributed by atoms with Gasteiger partial charge < -0.3 is 15.5 Å². The second-order valence-corrected chi connectivity index (χ2v) is 12.2. The van der Waals surface area contributed by atoms with E-state index < -0.39 is 16.1 Å². The molecule has 8 nitrogen and oxygen atoms in total. The minimum atomic E-state index is -3.28. The van der Waals surface area contributed by atoms with Gasteiger partial charge in [-0.15, -0.1) is 0 Å². The summed E-state index contributed by atoms with van der Waals surface area (Å²) >= 11 is 0. The number of piperazine rings is 1. The van der Waals surface area contributed by atoms with E-state index in [1.807, 2.05) is 13.0 Å². The van der Waals surface area contributed by atoms with Crippen LogP contribution in [0.15, 0.2) is 54.1 Å². The molecular weight excluding hydrogens is 488 g/mol. The summed E-state index contributed by atoms with van der Waals surface area (Å²) in [6, 6.07) is 8.24. The van der Waals surface area contributed by atoms with Gasteiger partial charge in [-0.2, -0.15) is 4.31 Å². The molecule has 0 unspecified atom stereocenters. The summed E-state index contributed by atoms with van der Waals surface area (Å²) in [5.41, 5.74) is 1.98. The van der Waals surface area contributed by atoms with Gasteiger partial charge in [-0.3, -0.25) is 9.59 Å². The molecule has 1 saturated heterocycles. The molecule has 9 heteroatoms. The Morgan fingerprint density at radius 2 is 1.78 bits per heavy atom. The first-order chi connectivity index (χ1) is 17.6. The lowest BCUT2D eigenvalue weighted by atomic mass is 10.0. The van der Waals surface area contributed by atoms with Gasteiger partial charge in [0.15, 0.2) is 0 Å². The normalized spacial score (nSPS) is 23.7. The minimum absolute atomic E-state index is 0.109. The van der Waals surface area contributed by atoms with Crippen LogP contribution in [0.2, 0.25) is 0 Å². The van der Waals surface area contributed by atoms with Gasteiger partial charge in [0.1, 0.15) is 6.04 Å². The highest BCUT2D eigenvalue weighted by Crippen LogP contribution is 2.48. The lowest BCUT2D eigenvalue weighted by Crippen LogP contribution is -2.55. The van der Waals surface area contributed by atoms with Gasteiger partial charge in [-0.1, -0.05) is 36.4 Å². The van der Waals surface area contributed by atoms with Crippen molar-refractivity contribution in [3.05, 3.63) is 59.7 Å². The molecule has 2 aliphatic rings. The highest BCUT2D eigenvalue weighted by atomic mass is 32.2. The van der Waals surface area contributed by atoms with Crippen molar-refractivity contribution in [3.8, 4) is 0 Å². The quantitative estimate of drug-likeness (QED) is 0.320. The van der Waals surface area contributed by atoms with Crippen LogP contribution >= 0.6 is 0 Å². The maximum Gasteiger partial charge on any atom is 0.251 e. The van der Waals surface area contributed by atoms with Crippen LogP contribution in [0.4, 0.5) is 0 Å². The summed E-state index contributed by atoms with van der Waals surface area (Å²) in [6.07, 6.45) is 11.0. The second-order valence-electron chi connectivity index (χ2n) is 10.3. The van der Waals surface area contributed by atoms with E-state index in [1.54, 1.807) is 29.2 Å². The molecule has 0 spiro atoms. The zero-order valence-corrected chi connectivity index (χ0v) is 23.4. The maximum atomic E-state index is 13.4. The van der Waals surface area contributed by atoms with Crippen molar-refractivity contribution < 1.29 is 18.0 Å². The number of hydrogen-bond donors (Lipinski definition) is 2. The molecule has 2 amide bonds. The van der Waals surface area contributed by atoms with Crippen molar-refractivity contribution in [2.45, 2.75) is 58.0 Å². The molecule has 2 fully saturated rings. The molecule has 1 aliphatic carbocycles. The Hall–Kier alpha value is -2.49. The summed E-state index contributed by atoms with van der Waals surface area (Å²) in [7, 11) is -3.28. The number of benzene rings is 1. The number of carbonyl (C=O) groups excluding carboxylic acids is 2. The maximum absolute atomic E-state index is 13.4. The number of rotatable bonds is 12. The van der Waals surface area contributed by atoms with E-state index in [4.69, 9.17) is 0 Å². The molecule has 37 heavy (non-hydrogen) atoms. The van der Waals surface area contributed by atoms with Crippen LogP contribution in [-0.2, 0) is 14.8 Å². The molecular formula is C28H42N4O4S. The fourth-order valence-electron chi connectivity index (χ4n) is 5.05. The number of carbonyl (C=O) groups is 2. The molecule has 1 aromatic carbocycles. The number of nitrogens with one attached hydrogen (secondary N) is 2. The molecule has 0 aromatic heterocycles. The molecule has 2 N–H and O–H groups in total. The van der Waals surface area contributed by atoms with Crippen LogP contribution in [0.25, 0.3) is 0 Å².